The van der Waals surface area contributed by atoms with Gasteiger partial charge in [-0.25, -0.2) is 13.1 Å². The van der Waals surface area contributed by atoms with Gasteiger partial charge in [0.05, 0.1) is 28.3 Å². The maximum absolute atomic E-state index is 11.6. The maximum Gasteiger partial charge on any atom is 0.152 e. The first kappa shape index (κ1) is 15.1. The molecule has 0 spiro atoms. The van der Waals surface area contributed by atoms with Gasteiger partial charge in [0.1, 0.15) is 5.82 Å². The van der Waals surface area contributed by atoms with Gasteiger partial charge in [0.25, 0.3) is 0 Å². The van der Waals surface area contributed by atoms with Crippen molar-refractivity contribution in [1.82, 2.24) is 9.78 Å². The molecule has 112 valence electrons. The van der Waals surface area contributed by atoms with Gasteiger partial charge in [0, 0.05) is 15.2 Å². The second-order valence-electron chi connectivity index (χ2n) is 5.08. The maximum atomic E-state index is 11.6. The average molecular weight is 438 g/mol. The molecule has 1 unspecified atom stereocenters. The third kappa shape index (κ3) is 3.04. The molecule has 0 bridgehead atoms. The first-order chi connectivity index (χ1) is 9.85. The van der Waals surface area contributed by atoms with Crippen molar-refractivity contribution >= 4 is 49.8 Å². The zero-order chi connectivity index (χ0) is 15.2. The van der Waals surface area contributed by atoms with Crippen LogP contribution in [0, 0.1) is 3.57 Å². The molecule has 5 nitrogen and oxygen atoms in total. The Labute approximate surface area is 141 Å². The highest BCUT2D eigenvalue weighted by Crippen LogP contribution is 2.30. The summed E-state index contributed by atoms with van der Waals surface area (Å²) >= 11 is 8.28. The second kappa shape index (κ2) is 5.44. The van der Waals surface area contributed by atoms with Crippen molar-refractivity contribution in [1.29, 1.82) is 0 Å². The Morgan fingerprint density at radius 3 is 2.76 bits per heavy atom. The van der Waals surface area contributed by atoms with Crippen LogP contribution in [0.3, 0.4) is 0 Å². The molecule has 1 fully saturated rings. The molecular weight excluding hydrogens is 425 g/mol. The van der Waals surface area contributed by atoms with Crippen molar-refractivity contribution in [2.24, 2.45) is 0 Å². The van der Waals surface area contributed by atoms with E-state index >= 15 is 0 Å². The van der Waals surface area contributed by atoms with Crippen LogP contribution in [0.15, 0.2) is 24.3 Å². The number of anilines is 1. The number of nitrogens with zero attached hydrogens (tertiary/aromatic N) is 2. The zero-order valence-electron chi connectivity index (χ0n) is 11.0. The number of aromatic nitrogens is 2. The summed E-state index contributed by atoms with van der Waals surface area (Å²) in [5.74, 6) is 0.773. The van der Waals surface area contributed by atoms with Gasteiger partial charge >= 0.3 is 0 Å². The summed E-state index contributed by atoms with van der Waals surface area (Å²) in [6, 6.07) is 7.24. The van der Waals surface area contributed by atoms with Crippen LogP contribution in [-0.2, 0) is 9.84 Å². The minimum absolute atomic E-state index is 0.103. The van der Waals surface area contributed by atoms with Gasteiger partial charge in [-0.3, -0.25) is 0 Å². The minimum atomic E-state index is -2.97. The van der Waals surface area contributed by atoms with Crippen LogP contribution in [0.2, 0.25) is 5.02 Å². The molecule has 21 heavy (non-hydrogen) atoms. The number of benzene rings is 1. The second-order valence-corrected chi connectivity index (χ2v) is 8.88. The van der Waals surface area contributed by atoms with Gasteiger partial charge < -0.3 is 5.73 Å². The lowest BCUT2D eigenvalue weighted by Crippen LogP contribution is -2.14. The summed E-state index contributed by atoms with van der Waals surface area (Å²) in [6.45, 7) is 0. The molecular formula is C13H13ClIN3O2S. The number of hydrogen-bond acceptors (Lipinski definition) is 4. The molecule has 2 aromatic rings. The monoisotopic (exact) mass is 437 g/mol. The van der Waals surface area contributed by atoms with Crippen LogP contribution in [0.25, 0.3) is 11.3 Å². The standard InChI is InChI=1S/C13H13ClIN3O2S/c14-10-5-8(1-2-11(10)15)12-6-13(16)18(17-12)9-3-4-21(19,20)7-9/h1-2,5-6,9H,3-4,7,16H2. The molecule has 1 aliphatic heterocycles. The van der Waals surface area contributed by atoms with E-state index in [1.807, 2.05) is 18.2 Å². The summed E-state index contributed by atoms with van der Waals surface area (Å²) in [7, 11) is -2.97. The van der Waals surface area contributed by atoms with Crippen molar-refractivity contribution < 1.29 is 8.42 Å². The Kier molecular flexibility index (Phi) is 3.91. The zero-order valence-corrected chi connectivity index (χ0v) is 14.7. The molecule has 1 saturated heterocycles. The van der Waals surface area contributed by atoms with Crippen molar-refractivity contribution in [3.63, 3.8) is 0 Å². The highest BCUT2D eigenvalue weighted by atomic mass is 127. The molecule has 1 atom stereocenters. The fraction of sp³-hybridized carbons (Fsp3) is 0.308. The van der Waals surface area contributed by atoms with Crippen LogP contribution in [0.4, 0.5) is 5.82 Å². The summed E-state index contributed by atoms with van der Waals surface area (Å²) < 4.78 is 25.8. The van der Waals surface area contributed by atoms with Crippen molar-refractivity contribution in [3.8, 4) is 11.3 Å². The first-order valence-corrected chi connectivity index (χ1v) is 9.64. The molecule has 0 saturated carbocycles. The van der Waals surface area contributed by atoms with E-state index < -0.39 is 9.84 Å². The van der Waals surface area contributed by atoms with Crippen molar-refractivity contribution in [2.75, 3.05) is 17.2 Å². The van der Waals surface area contributed by atoms with Gasteiger partial charge in [0.2, 0.25) is 0 Å². The average Bonchev–Trinajstić information content (AvgIpc) is 2.95. The van der Waals surface area contributed by atoms with E-state index in [1.54, 1.807) is 10.7 Å². The topological polar surface area (TPSA) is 78.0 Å². The van der Waals surface area contributed by atoms with E-state index in [9.17, 15) is 8.42 Å². The Balaban J connectivity index is 1.96. The lowest BCUT2D eigenvalue weighted by Gasteiger charge is -2.10. The van der Waals surface area contributed by atoms with E-state index in [4.69, 9.17) is 17.3 Å². The number of sulfone groups is 1. The highest BCUT2D eigenvalue weighted by Gasteiger charge is 2.31. The van der Waals surface area contributed by atoms with Crippen molar-refractivity contribution in [2.45, 2.75) is 12.5 Å². The van der Waals surface area contributed by atoms with Crippen LogP contribution in [-0.4, -0.2) is 29.7 Å². The van der Waals surface area contributed by atoms with Gasteiger partial charge in [-0.2, -0.15) is 5.10 Å². The number of nitrogens with two attached hydrogens (primary N) is 1. The molecule has 8 heteroatoms. The smallest absolute Gasteiger partial charge is 0.152 e. The van der Waals surface area contributed by atoms with Crippen LogP contribution in [0.1, 0.15) is 12.5 Å². The molecule has 1 aromatic heterocycles. The van der Waals surface area contributed by atoms with Crippen molar-refractivity contribution in [3.05, 3.63) is 32.9 Å². The SMILES string of the molecule is Nc1cc(-c2ccc(I)c(Cl)c2)nn1C1CCS(=O)(=O)C1. The predicted molar refractivity (Wildman–Crippen MR) is 92.1 cm³/mol. The Bertz CT molecular complexity index is 804. The van der Waals surface area contributed by atoms with E-state index in [-0.39, 0.29) is 17.5 Å². The molecule has 2 N–H and O–H groups in total. The van der Waals surface area contributed by atoms with Gasteiger partial charge in [-0.05, 0) is 41.1 Å². The summed E-state index contributed by atoms with van der Waals surface area (Å²) in [6.07, 6.45) is 0.557. The summed E-state index contributed by atoms with van der Waals surface area (Å²) in [5.41, 5.74) is 7.56. The normalized spacial score (nSPS) is 20.8. The number of hydrogen-bond donors (Lipinski definition) is 1. The number of nitrogen functional groups attached to an aromatic ring is 1. The van der Waals surface area contributed by atoms with Gasteiger partial charge in [0.15, 0.2) is 9.84 Å². The van der Waals surface area contributed by atoms with Crippen LogP contribution in [0.5, 0.6) is 0 Å². The van der Waals surface area contributed by atoms with Gasteiger partial charge in [-0.15, -0.1) is 0 Å². The van der Waals surface area contributed by atoms with Gasteiger partial charge in [-0.1, -0.05) is 17.7 Å². The predicted octanol–water partition coefficient (Wildman–Crippen LogP) is 2.75. The lowest BCUT2D eigenvalue weighted by atomic mass is 10.1. The quantitative estimate of drug-likeness (QED) is 0.733. The molecule has 3 rings (SSSR count). The Morgan fingerprint density at radius 1 is 1.38 bits per heavy atom. The van der Waals surface area contributed by atoms with Crippen LogP contribution >= 0.6 is 34.2 Å². The summed E-state index contributed by atoms with van der Waals surface area (Å²) in [5, 5.41) is 5.12. The molecule has 1 aromatic carbocycles. The largest absolute Gasteiger partial charge is 0.384 e. The lowest BCUT2D eigenvalue weighted by molar-refractivity contribution is 0.508. The third-order valence-electron chi connectivity index (χ3n) is 3.53. The minimum Gasteiger partial charge on any atom is -0.384 e. The Morgan fingerprint density at radius 2 is 2.14 bits per heavy atom. The van der Waals surface area contributed by atoms with Crippen LogP contribution < -0.4 is 5.73 Å². The molecule has 1 aliphatic rings. The fourth-order valence-electron chi connectivity index (χ4n) is 2.47. The molecule has 0 amide bonds. The van der Waals surface area contributed by atoms with E-state index in [0.717, 1.165) is 9.13 Å². The number of rotatable bonds is 2. The fourth-order valence-corrected chi connectivity index (χ4v) is 4.67. The molecule has 0 radical (unpaired) electrons. The summed E-state index contributed by atoms with van der Waals surface area (Å²) in [4.78, 5) is 0. The Hall–Kier alpha value is -0.800. The first-order valence-electron chi connectivity index (χ1n) is 6.36. The molecule has 0 aliphatic carbocycles. The third-order valence-corrected chi connectivity index (χ3v) is 6.86. The van der Waals surface area contributed by atoms with E-state index in [0.29, 0.717) is 23.0 Å². The molecule has 2 heterocycles. The highest BCUT2D eigenvalue weighted by molar-refractivity contribution is 14.1. The van der Waals surface area contributed by atoms with E-state index in [2.05, 4.69) is 27.7 Å². The number of halogens is 2. The van der Waals surface area contributed by atoms with E-state index in [1.165, 1.54) is 0 Å².